The summed E-state index contributed by atoms with van der Waals surface area (Å²) < 4.78 is 42.7. The molecule has 0 aromatic heterocycles. The number of unbranched alkanes of at least 4 members (excludes halogenated alkanes) is 3. The van der Waals surface area contributed by atoms with Gasteiger partial charge < -0.3 is 37.9 Å². The Balaban J connectivity index is 3.03. The first-order valence-electron chi connectivity index (χ1n) is 12.0. The van der Waals surface area contributed by atoms with Gasteiger partial charge in [0, 0.05) is 6.61 Å². The standard InChI is InChI=1S/C23H46O9/c1-3-5-6-7-9-25-11-13-27-15-17-29-19-21-31-22-20-30-18-16-28-14-12-26-10-8-23(24)32-4-2/h3-22H2,1-2H3. The number of hydrogen-bond acceptors (Lipinski definition) is 9. The molecule has 0 saturated heterocycles. The van der Waals surface area contributed by atoms with Crippen molar-refractivity contribution in [1.29, 1.82) is 0 Å². The first-order chi connectivity index (χ1) is 15.8. The van der Waals surface area contributed by atoms with Crippen molar-refractivity contribution in [3.05, 3.63) is 0 Å². The molecule has 0 N–H and O–H groups in total. The third-order valence-electron chi connectivity index (χ3n) is 4.13. The molecule has 0 aromatic rings. The minimum absolute atomic E-state index is 0.241. The minimum atomic E-state index is -0.241. The van der Waals surface area contributed by atoms with Crippen molar-refractivity contribution in [2.45, 2.75) is 46.0 Å². The molecule has 0 aliphatic rings. The zero-order chi connectivity index (χ0) is 23.4. The zero-order valence-corrected chi connectivity index (χ0v) is 20.3. The van der Waals surface area contributed by atoms with Gasteiger partial charge >= 0.3 is 5.97 Å². The maximum Gasteiger partial charge on any atom is 0.308 e. The smallest absolute Gasteiger partial charge is 0.308 e. The number of ether oxygens (including phenoxy) is 8. The molecule has 0 radical (unpaired) electrons. The Morgan fingerprint density at radius 2 is 0.844 bits per heavy atom. The number of hydrogen-bond donors (Lipinski definition) is 0. The summed E-state index contributed by atoms with van der Waals surface area (Å²) in [6.07, 6.45) is 5.17. The highest BCUT2D eigenvalue weighted by atomic mass is 16.6. The lowest BCUT2D eigenvalue weighted by Crippen LogP contribution is -2.15. The molecule has 32 heavy (non-hydrogen) atoms. The molecular weight excluding hydrogens is 420 g/mol. The Hall–Kier alpha value is -0.810. The Kier molecular flexibility index (Phi) is 27.5. The molecule has 0 amide bonds. The van der Waals surface area contributed by atoms with E-state index < -0.39 is 0 Å². The van der Waals surface area contributed by atoms with Gasteiger partial charge in [0.05, 0.1) is 98.9 Å². The lowest BCUT2D eigenvalue weighted by atomic mass is 10.2. The van der Waals surface area contributed by atoms with Crippen molar-refractivity contribution >= 4 is 5.97 Å². The van der Waals surface area contributed by atoms with Crippen molar-refractivity contribution in [1.82, 2.24) is 0 Å². The highest BCUT2D eigenvalue weighted by Gasteiger charge is 2.00. The molecule has 0 aromatic carbocycles. The normalized spacial score (nSPS) is 11.2. The average Bonchev–Trinajstić information content (AvgIpc) is 2.79. The van der Waals surface area contributed by atoms with Crippen LogP contribution in [0.1, 0.15) is 46.0 Å². The van der Waals surface area contributed by atoms with Crippen molar-refractivity contribution in [3.63, 3.8) is 0 Å². The van der Waals surface area contributed by atoms with Gasteiger partial charge in [0.1, 0.15) is 0 Å². The van der Waals surface area contributed by atoms with Gasteiger partial charge in [0.25, 0.3) is 0 Å². The Bertz CT molecular complexity index is 369. The predicted octanol–water partition coefficient (Wildman–Crippen LogP) is 2.64. The fourth-order valence-electron chi connectivity index (χ4n) is 2.44. The molecule has 0 saturated carbocycles. The van der Waals surface area contributed by atoms with Gasteiger partial charge in [-0.1, -0.05) is 26.2 Å². The molecule has 0 aliphatic heterocycles. The Morgan fingerprint density at radius 3 is 1.22 bits per heavy atom. The zero-order valence-electron chi connectivity index (χ0n) is 20.3. The summed E-state index contributed by atoms with van der Waals surface area (Å²) in [5.41, 5.74) is 0. The van der Waals surface area contributed by atoms with E-state index in [0.29, 0.717) is 92.5 Å². The number of rotatable bonds is 27. The largest absolute Gasteiger partial charge is 0.466 e. The lowest BCUT2D eigenvalue weighted by molar-refractivity contribution is -0.144. The molecule has 0 rings (SSSR count). The van der Waals surface area contributed by atoms with E-state index in [0.717, 1.165) is 13.0 Å². The van der Waals surface area contributed by atoms with Crippen LogP contribution in [0.15, 0.2) is 0 Å². The monoisotopic (exact) mass is 466 g/mol. The van der Waals surface area contributed by atoms with E-state index >= 15 is 0 Å². The van der Waals surface area contributed by atoms with Crippen LogP contribution in [-0.2, 0) is 42.7 Å². The van der Waals surface area contributed by atoms with E-state index in [2.05, 4.69) is 6.92 Å². The second kappa shape index (κ2) is 28.2. The summed E-state index contributed by atoms with van der Waals surface area (Å²) in [5.74, 6) is -0.241. The fraction of sp³-hybridized carbons (Fsp3) is 0.957. The summed E-state index contributed by atoms with van der Waals surface area (Å²) >= 11 is 0. The van der Waals surface area contributed by atoms with Crippen molar-refractivity contribution < 1.29 is 42.7 Å². The summed E-state index contributed by atoms with van der Waals surface area (Å²) in [4.78, 5) is 11.1. The SMILES string of the molecule is CCCCCCOCCOCCOCCOCCOCCOCCOCCC(=O)OCC. The van der Waals surface area contributed by atoms with Crippen LogP contribution in [0, 0.1) is 0 Å². The summed E-state index contributed by atoms with van der Waals surface area (Å²) in [6.45, 7) is 11.9. The number of esters is 1. The van der Waals surface area contributed by atoms with E-state index in [1.807, 2.05) is 0 Å². The molecule has 0 spiro atoms. The Labute approximate surface area is 194 Å². The molecule has 0 fully saturated rings. The second-order valence-corrected chi connectivity index (χ2v) is 6.90. The van der Waals surface area contributed by atoms with E-state index in [4.69, 9.17) is 37.9 Å². The molecule has 0 bridgehead atoms. The fourth-order valence-corrected chi connectivity index (χ4v) is 2.44. The van der Waals surface area contributed by atoms with Gasteiger partial charge in [-0.05, 0) is 13.3 Å². The minimum Gasteiger partial charge on any atom is -0.466 e. The number of carbonyl (C=O) groups excluding carboxylic acids is 1. The van der Waals surface area contributed by atoms with Crippen LogP contribution >= 0.6 is 0 Å². The van der Waals surface area contributed by atoms with Crippen LogP contribution in [0.2, 0.25) is 0 Å². The molecule has 0 unspecified atom stereocenters. The molecule has 0 atom stereocenters. The molecule has 0 heterocycles. The third kappa shape index (κ3) is 27.2. The van der Waals surface area contributed by atoms with Crippen molar-refractivity contribution in [3.8, 4) is 0 Å². The first-order valence-corrected chi connectivity index (χ1v) is 12.0. The quantitative estimate of drug-likeness (QED) is 0.134. The molecule has 192 valence electrons. The summed E-state index contributed by atoms with van der Waals surface area (Å²) in [6, 6.07) is 0. The molecular formula is C23H46O9. The van der Waals surface area contributed by atoms with E-state index in [1.54, 1.807) is 6.92 Å². The second-order valence-electron chi connectivity index (χ2n) is 6.90. The molecule has 9 nitrogen and oxygen atoms in total. The predicted molar refractivity (Wildman–Crippen MR) is 121 cm³/mol. The van der Waals surface area contributed by atoms with Crippen LogP contribution in [0.5, 0.6) is 0 Å². The van der Waals surface area contributed by atoms with Crippen molar-refractivity contribution in [2.24, 2.45) is 0 Å². The maximum absolute atomic E-state index is 11.1. The first kappa shape index (κ1) is 31.2. The van der Waals surface area contributed by atoms with Gasteiger partial charge in [-0.2, -0.15) is 0 Å². The lowest BCUT2D eigenvalue weighted by Gasteiger charge is -2.08. The van der Waals surface area contributed by atoms with Gasteiger partial charge in [-0.3, -0.25) is 4.79 Å². The van der Waals surface area contributed by atoms with Crippen LogP contribution in [0.25, 0.3) is 0 Å². The van der Waals surface area contributed by atoms with Crippen LogP contribution in [0.4, 0.5) is 0 Å². The number of carbonyl (C=O) groups is 1. The van der Waals surface area contributed by atoms with Crippen LogP contribution in [-0.4, -0.2) is 105 Å². The van der Waals surface area contributed by atoms with Crippen LogP contribution in [0.3, 0.4) is 0 Å². The van der Waals surface area contributed by atoms with Gasteiger partial charge in [0.2, 0.25) is 0 Å². The summed E-state index contributed by atoms with van der Waals surface area (Å²) in [5, 5.41) is 0. The van der Waals surface area contributed by atoms with Crippen molar-refractivity contribution in [2.75, 3.05) is 99.1 Å². The highest BCUT2D eigenvalue weighted by Crippen LogP contribution is 1.98. The topological polar surface area (TPSA) is 90.9 Å². The maximum atomic E-state index is 11.1. The van der Waals surface area contributed by atoms with Crippen LogP contribution < -0.4 is 0 Å². The highest BCUT2D eigenvalue weighted by molar-refractivity contribution is 5.69. The van der Waals surface area contributed by atoms with Gasteiger partial charge in [0.15, 0.2) is 0 Å². The Morgan fingerprint density at radius 1 is 0.469 bits per heavy atom. The van der Waals surface area contributed by atoms with E-state index in [9.17, 15) is 4.79 Å². The van der Waals surface area contributed by atoms with Gasteiger partial charge in [-0.25, -0.2) is 0 Å². The molecule has 9 heteroatoms. The third-order valence-corrected chi connectivity index (χ3v) is 4.13. The average molecular weight is 467 g/mol. The summed E-state index contributed by atoms with van der Waals surface area (Å²) in [7, 11) is 0. The molecule has 0 aliphatic carbocycles. The van der Waals surface area contributed by atoms with E-state index in [-0.39, 0.29) is 12.4 Å². The van der Waals surface area contributed by atoms with Gasteiger partial charge in [-0.15, -0.1) is 0 Å². The van der Waals surface area contributed by atoms with E-state index in [1.165, 1.54) is 19.3 Å².